The van der Waals surface area contributed by atoms with Crippen molar-refractivity contribution in [1.82, 2.24) is 4.90 Å². The summed E-state index contributed by atoms with van der Waals surface area (Å²) in [5.41, 5.74) is -0.203. The first kappa shape index (κ1) is 11.7. The summed E-state index contributed by atoms with van der Waals surface area (Å²) in [6, 6.07) is 0. The molecule has 0 radical (unpaired) electrons. The number of hydrogen-bond acceptors (Lipinski definition) is 4. The van der Waals surface area contributed by atoms with Gasteiger partial charge in [-0.05, 0) is 26.3 Å². The molecule has 1 aliphatic rings. The predicted molar refractivity (Wildman–Crippen MR) is 55.4 cm³/mol. The molecule has 1 heterocycles. The van der Waals surface area contributed by atoms with Crippen LogP contribution in [-0.4, -0.2) is 41.3 Å². The lowest BCUT2D eigenvalue weighted by molar-refractivity contribution is -0.138. The summed E-state index contributed by atoms with van der Waals surface area (Å²) in [7, 11) is 0. The number of carbonyl (C=O) groups is 1. The number of rotatable bonds is 7. The Labute approximate surface area is 89.2 Å². The topological polar surface area (TPSA) is 65.3 Å². The van der Waals surface area contributed by atoms with E-state index in [2.05, 4.69) is 16.1 Å². The Balaban J connectivity index is 2.19. The Morgan fingerprint density at radius 1 is 1.60 bits per heavy atom. The van der Waals surface area contributed by atoms with Gasteiger partial charge in [-0.2, -0.15) is 10.2 Å². The fraction of sp³-hybridized carbons (Fsp3) is 0.700. The summed E-state index contributed by atoms with van der Waals surface area (Å²) in [6.07, 6.45) is 6.87. The molecule has 0 aromatic rings. The van der Waals surface area contributed by atoms with Crippen LogP contribution in [0.2, 0.25) is 0 Å². The smallest absolute Gasteiger partial charge is 0.317 e. The van der Waals surface area contributed by atoms with Crippen LogP contribution in [-0.2, 0) is 4.79 Å². The first-order valence-corrected chi connectivity index (χ1v) is 4.87. The van der Waals surface area contributed by atoms with Gasteiger partial charge in [0.1, 0.15) is 0 Å². The van der Waals surface area contributed by atoms with Crippen LogP contribution < -0.4 is 0 Å². The van der Waals surface area contributed by atoms with Gasteiger partial charge in [0.25, 0.3) is 0 Å². The Kier molecular flexibility index (Phi) is 3.81. The molecule has 0 aromatic heterocycles. The maximum atomic E-state index is 10.5. The zero-order chi connectivity index (χ0) is 11.3. The molecule has 1 aliphatic heterocycles. The average molecular weight is 209 g/mol. The van der Waals surface area contributed by atoms with Gasteiger partial charge in [0.15, 0.2) is 5.66 Å². The molecular formula is C10H15N3O2. The quantitative estimate of drug-likeness (QED) is 0.635. The van der Waals surface area contributed by atoms with Gasteiger partial charge < -0.3 is 5.11 Å². The summed E-state index contributed by atoms with van der Waals surface area (Å²) < 4.78 is 0. The van der Waals surface area contributed by atoms with Crippen LogP contribution in [0.3, 0.4) is 0 Å². The average Bonchev–Trinajstić information content (AvgIpc) is 2.83. The Bertz CT molecular complexity index is 300. The second-order valence-electron chi connectivity index (χ2n) is 3.83. The number of terminal acetylenes is 1. The van der Waals surface area contributed by atoms with Crippen molar-refractivity contribution < 1.29 is 9.90 Å². The third-order valence-electron chi connectivity index (χ3n) is 2.24. The third kappa shape index (κ3) is 4.56. The van der Waals surface area contributed by atoms with E-state index in [-0.39, 0.29) is 12.2 Å². The highest BCUT2D eigenvalue weighted by Gasteiger charge is 2.32. The van der Waals surface area contributed by atoms with Gasteiger partial charge in [-0.25, -0.2) is 0 Å². The van der Waals surface area contributed by atoms with E-state index in [0.717, 1.165) is 12.8 Å². The summed E-state index contributed by atoms with van der Waals surface area (Å²) in [4.78, 5) is 12.2. The number of carboxylic acid groups (broad SMARTS) is 1. The second kappa shape index (κ2) is 4.89. The van der Waals surface area contributed by atoms with Gasteiger partial charge in [-0.1, -0.05) is 5.92 Å². The normalized spacial score (nSPS) is 16.3. The third-order valence-corrected chi connectivity index (χ3v) is 2.24. The molecule has 1 rings (SSSR count). The highest BCUT2D eigenvalue weighted by molar-refractivity contribution is 5.69. The van der Waals surface area contributed by atoms with Crippen molar-refractivity contribution >= 4 is 5.97 Å². The van der Waals surface area contributed by atoms with Crippen molar-refractivity contribution in [3.63, 3.8) is 0 Å². The molecule has 15 heavy (non-hydrogen) atoms. The number of hydrogen-bond donors (Lipinski definition) is 1. The van der Waals surface area contributed by atoms with Crippen molar-refractivity contribution in [2.45, 2.75) is 25.4 Å². The first-order chi connectivity index (χ1) is 7.06. The van der Waals surface area contributed by atoms with Gasteiger partial charge in [-0.15, -0.1) is 6.42 Å². The van der Waals surface area contributed by atoms with Gasteiger partial charge in [0.05, 0.1) is 13.1 Å². The maximum absolute atomic E-state index is 10.5. The molecule has 1 N–H and O–H groups in total. The standard InChI is InChI=1S/C10H15N3O2/c1-3-6-13(8-9(14)15)7-4-5-10(2)11-12-10/h1H,4-8H2,2H3,(H,14,15). The molecule has 0 atom stereocenters. The van der Waals surface area contributed by atoms with Gasteiger partial charge in [0.2, 0.25) is 0 Å². The van der Waals surface area contributed by atoms with Crippen molar-refractivity contribution in [2.24, 2.45) is 10.2 Å². The molecule has 0 saturated carbocycles. The monoisotopic (exact) mass is 209 g/mol. The van der Waals surface area contributed by atoms with Gasteiger partial charge in [-0.3, -0.25) is 9.69 Å². The van der Waals surface area contributed by atoms with Crippen LogP contribution in [0, 0.1) is 12.3 Å². The molecule has 0 fully saturated rings. The molecule has 0 saturated heterocycles. The fourth-order valence-corrected chi connectivity index (χ4v) is 1.36. The molecule has 5 nitrogen and oxygen atoms in total. The van der Waals surface area contributed by atoms with E-state index < -0.39 is 5.97 Å². The van der Waals surface area contributed by atoms with Crippen LogP contribution in [0.25, 0.3) is 0 Å². The maximum Gasteiger partial charge on any atom is 0.317 e. The Hall–Kier alpha value is -1.41. The molecule has 0 aromatic carbocycles. The van der Waals surface area contributed by atoms with Crippen LogP contribution in [0.5, 0.6) is 0 Å². The summed E-state index contributed by atoms with van der Waals surface area (Å²) >= 11 is 0. The Morgan fingerprint density at radius 3 is 2.73 bits per heavy atom. The predicted octanol–water partition coefficient (Wildman–Crippen LogP) is 0.968. The lowest BCUT2D eigenvalue weighted by Gasteiger charge is -2.17. The number of aliphatic carboxylic acids is 1. The summed E-state index contributed by atoms with van der Waals surface area (Å²) in [5, 5.41) is 16.4. The lowest BCUT2D eigenvalue weighted by atomic mass is 10.1. The summed E-state index contributed by atoms with van der Waals surface area (Å²) in [6.45, 7) is 3.00. The largest absolute Gasteiger partial charge is 0.480 e. The van der Waals surface area contributed by atoms with E-state index in [4.69, 9.17) is 11.5 Å². The van der Waals surface area contributed by atoms with E-state index >= 15 is 0 Å². The lowest BCUT2D eigenvalue weighted by Crippen LogP contribution is -2.31. The molecule has 0 amide bonds. The highest BCUT2D eigenvalue weighted by Crippen LogP contribution is 2.31. The van der Waals surface area contributed by atoms with Gasteiger partial charge in [0, 0.05) is 0 Å². The minimum absolute atomic E-state index is 0.00476. The van der Waals surface area contributed by atoms with Crippen LogP contribution in [0.15, 0.2) is 10.2 Å². The molecule has 82 valence electrons. The van der Waals surface area contributed by atoms with Crippen molar-refractivity contribution in [2.75, 3.05) is 19.6 Å². The van der Waals surface area contributed by atoms with E-state index in [1.54, 1.807) is 4.90 Å². The Morgan fingerprint density at radius 2 is 2.27 bits per heavy atom. The molecular weight excluding hydrogens is 194 g/mol. The summed E-state index contributed by atoms with van der Waals surface area (Å²) in [5.74, 6) is 1.60. The van der Waals surface area contributed by atoms with Crippen molar-refractivity contribution in [3.8, 4) is 12.3 Å². The van der Waals surface area contributed by atoms with Crippen molar-refractivity contribution in [1.29, 1.82) is 0 Å². The zero-order valence-electron chi connectivity index (χ0n) is 8.81. The van der Waals surface area contributed by atoms with Crippen molar-refractivity contribution in [3.05, 3.63) is 0 Å². The molecule has 0 bridgehead atoms. The van der Waals surface area contributed by atoms with E-state index in [1.807, 2.05) is 6.92 Å². The van der Waals surface area contributed by atoms with Crippen LogP contribution in [0.1, 0.15) is 19.8 Å². The van der Waals surface area contributed by atoms with Gasteiger partial charge >= 0.3 is 5.97 Å². The molecule has 0 aliphatic carbocycles. The van der Waals surface area contributed by atoms with E-state index in [9.17, 15) is 4.79 Å². The molecule has 0 unspecified atom stereocenters. The minimum atomic E-state index is -0.850. The van der Waals surface area contributed by atoms with E-state index in [0.29, 0.717) is 13.1 Å². The molecule has 0 spiro atoms. The number of nitrogens with zero attached hydrogens (tertiary/aromatic N) is 3. The first-order valence-electron chi connectivity index (χ1n) is 4.87. The SMILES string of the molecule is C#CCN(CCCC1(C)N=N1)CC(=O)O. The van der Waals surface area contributed by atoms with Crippen LogP contribution >= 0.6 is 0 Å². The fourth-order valence-electron chi connectivity index (χ4n) is 1.36. The minimum Gasteiger partial charge on any atom is -0.480 e. The molecule has 5 heteroatoms. The second-order valence-corrected chi connectivity index (χ2v) is 3.83. The zero-order valence-corrected chi connectivity index (χ0v) is 8.81. The van der Waals surface area contributed by atoms with Crippen LogP contribution in [0.4, 0.5) is 0 Å². The van der Waals surface area contributed by atoms with E-state index in [1.165, 1.54) is 0 Å². The highest BCUT2D eigenvalue weighted by atomic mass is 16.4. The number of carboxylic acids is 1.